The minimum atomic E-state index is -0.348. The molecule has 0 bridgehead atoms. The van der Waals surface area contributed by atoms with Crippen LogP contribution in [0.4, 0.5) is 9.18 Å². The molecule has 0 atom stereocenters. The predicted octanol–water partition coefficient (Wildman–Crippen LogP) is 0.705. The third-order valence-electron chi connectivity index (χ3n) is 3.74. The molecule has 7 nitrogen and oxygen atoms in total. The Labute approximate surface area is 140 Å². The third kappa shape index (κ3) is 5.69. The maximum absolute atomic E-state index is 12.7. The number of carbonyl (C=O) groups is 2. The van der Waals surface area contributed by atoms with Gasteiger partial charge < -0.3 is 19.7 Å². The summed E-state index contributed by atoms with van der Waals surface area (Å²) in [7, 11) is 1.37. The molecule has 1 N–H and O–H groups in total. The number of benzene rings is 1. The second kappa shape index (κ2) is 9.07. The van der Waals surface area contributed by atoms with E-state index in [2.05, 4.69) is 15.0 Å². The van der Waals surface area contributed by atoms with Crippen LogP contribution in [0, 0.1) is 5.82 Å². The summed E-state index contributed by atoms with van der Waals surface area (Å²) >= 11 is 0. The van der Waals surface area contributed by atoms with Gasteiger partial charge in [-0.15, -0.1) is 0 Å². The highest BCUT2D eigenvalue weighted by Crippen LogP contribution is 2.10. The molecule has 8 heteroatoms. The minimum absolute atomic E-state index is 0.109. The van der Waals surface area contributed by atoms with Crippen molar-refractivity contribution in [2.75, 3.05) is 53.0 Å². The van der Waals surface area contributed by atoms with Crippen molar-refractivity contribution in [3.05, 3.63) is 30.1 Å². The SMILES string of the molecule is COC(=O)N1CCN(CCNC(=O)COc2ccc(F)cc2)CC1. The fraction of sp³-hybridized carbons (Fsp3) is 0.500. The summed E-state index contributed by atoms with van der Waals surface area (Å²) in [6.07, 6.45) is -0.305. The molecule has 0 aliphatic carbocycles. The van der Waals surface area contributed by atoms with Gasteiger partial charge in [-0.25, -0.2) is 9.18 Å². The molecule has 0 spiro atoms. The van der Waals surface area contributed by atoms with Crippen molar-refractivity contribution >= 4 is 12.0 Å². The fourth-order valence-corrected chi connectivity index (χ4v) is 2.37. The smallest absolute Gasteiger partial charge is 0.409 e. The van der Waals surface area contributed by atoms with E-state index in [4.69, 9.17) is 4.74 Å². The molecule has 1 aromatic carbocycles. The second-order valence-electron chi connectivity index (χ2n) is 5.39. The number of nitrogens with one attached hydrogen (secondary N) is 1. The number of hydrogen-bond acceptors (Lipinski definition) is 5. The summed E-state index contributed by atoms with van der Waals surface area (Å²) < 4.78 is 22.7. The number of nitrogens with zero attached hydrogens (tertiary/aromatic N) is 2. The first kappa shape index (κ1) is 18.0. The van der Waals surface area contributed by atoms with E-state index in [9.17, 15) is 14.0 Å². The van der Waals surface area contributed by atoms with Gasteiger partial charge in [-0.1, -0.05) is 0 Å². The maximum atomic E-state index is 12.7. The summed E-state index contributed by atoms with van der Waals surface area (Å²) in [5.41, 5.74) is 0. The lowest BCUT2D eigenvalue weighted by atomic mass is 10.3. The number of amides is 2. The van der Waals surface area contributed by atoms with Gasteiger partial charge in [-0.3, -0.25) is 9.69 Å². The van der Waals surface area contributed by atoms with Gasteiger partial charge in [0, 0.05) is 39.3 Å². The van der Waals surface area contributed by atoms with Crippen molar-refractivity contribution in [2.45, 2.75) is 0 Å². The van der Waals surface area contributed by atoms with Crippen LogP contribution < -0.4 is 10.1 Å². The minimum Gasteiger partial charge on any atom is -0.484 e. The van der Waals surface area contributed by atoms with Crippen LogP contribution in [0.2, 0.25) is 0 Å². The zero-order chi connectivity index (χ0) is 17.4. The zero-order valence-corrected chi connectivity index (χ0v) is 13.7. The molecule has 0 aromatic heterocycles. The number of hydrogen-bond donors (Lipinski definition) is 1. The van der Waals surface area contributed by atoms with Gasteiger partial charge in [0.1, 0.15) is 11.6 Å². The lowest BCUT2D eigenvalue weighted by Crippen LogP contribution is -2.50. The zero-order valence-electron chi connectivity index (χ0n) is 13.7. The number of rotatable bonds is 6. The Bertz CT molecular complexity index is 545. The van der Waals surface area contributed by atoms with E-state index in [1.165, 1.54) is 31.4 Å². The van der Waals surface area contributed by atoms with E-state index in [0.717, 1.165) is 13.1 Å². The maximum Gasteiger partial charge on any atom is 0.409 e. The van der Waals surface area contributed by atoms with Crippen LogP contribution in [0.3, 0.4) is 0 Å². The van der Waals surface area contributed by atoms with E-state index in [0.29, 0.717) is 31.9 Å². The van der Waals surface area contributed by atoms with Crippen molar-refractivity contribution in [1.29, 1.82) is 0 Å². The van der Waals surface area contributed by atoms with Crippen molar-refractivity contribution in [3.8, 4) is 5.75 Å². The summed E-state index contributed by atoms with van der Waals surface area (Å²) in [6.45, 7) is 3.83. The number of methoxy groups -OCH3 is 1. The highest BCUT2D eigenvalue weighted by molar-refractivity contribution is 5.77. The van der Waals surface area contributed by atoms with E-state index in [1.54, 1.807) is 4.90 Å². The molecule has 1 saturated heterocycles. The van der Waals surface area contributed by atoms with Crippen LogP contribution in [0.25, 0.3) is 0 Å². The molecular formula is C16H22FN3O4. The van der Waals surface area contributed by atoms with Crippen LogP contribution in [-0.2, 0) is 9.53 Å². The Morgan fingerprint density at radius 2 is 1.83 bits per heavy atom. The van der Waals surface area contributed by atoms with Crippen LogP contribution in [0.1, 0.15) is 0 Å². The summed E-state index contributed by atoms with van der Waals surface area (Å²) in [5.74, 6) is -0.128. The standard InChI is InChI=1S/C16H22FN3O4/c1-23-16(22)20-10-8-19(9-11-20)7-6-18-15(21)12-24-14-4-2-13(17)3-5-14/h2-5H,6-12H2,1H3,(H,18,21). The van der Waals surface area contributed by atoms with Gasteiger partial charge in [-0.2, -0.15) is 0 Å². The molecule has 24 heavy (non-hydrogen) atoms. The molecule has 1 heterocycles. The van der Waals surface area contributed by atoms with Crippen LogP contribution in [0.5, 0.6) is 5.75 Å². The normalized spacial score (nSPS) is 15.0. The first-order valence-corrected chi connectivity index (χ1v) is 7.79. The van der Waals surface area contributed by atoms with E-state index >= 15 is 0 Å². The summed E-state index contributed by atoms with van der Waals surface area (Å²) in [4.78, 5) is 26.9. The Balaban J connectivity index is 1.58. The lowest BCUT2D eigenvalue weighted by molar-refractivity contribution is -0.123. The number of carbonyl (C=O) groups excluding carboxylic acids is 2. The largest absolute Gasteiger partial charge is 0.484 e. The van der Waals surface area contributed by atoms with Crippen molar-refractivity contribution < 1.29 is 23.5 Å². The topological polar surface area (TPSA) is 71.1 Å². The van der Waals surface area contributed by atoms with Crippen molar-refractivity contribution in [3.63, 3.8) is 0 Å². The highest BCUT2D eigenvalue weighted by atomic mass is 19.1. The molecule has 0 unspecified atom stereocenters. The van der Waals surface area contributed by atoms with Gasteiger partial charge in [-0.05, 0) is 24.3 Å². The highest BCUT2D eigenvalue weighted by Gasteiger charge is 2.21. The molecule has 0 saturated carbocycles. The molecule has 0 radical (unpaired) electrons. The van der Waals surface area contributed by atoms with E-state index < -0.39 is 0 Å². The molecule has 1 aliphatic rings. The predicted molar refractivity (Wildman–Crippen MR) is 85.3 cm³/mol. The Hall–Kier alpha value is -2.35. The monoisotopic (exact) mass is 339 g/mol. The number of halogens is 1. The molecule has 132 valence electrons. The molecule has 2 amide bonds. The van der Waals surface area contributed by atoms with Crippen molar-refractivity contribution in [2.24, 2.45) is 0 Å². The first-order valence-electron chi connectivity index (χ1n) is 7.79. The molecule has 1 aromatic rings. The van der Waals surface area contributed by atoms with Gasteiger partial charge in [0.15, 0.2) is 6.61 Å². The molecule has 1 aliphatic heterocycles. The summed E-state index contributed by atoms with van der Waals surface area (Å²) in [6, 6.07) is 5.51. The summed E-state index contributed by atoms with van der Waals surface area (Å²) in [5, 5.41) is 2.77. The third-order valence-corrected chi connectivity index (χ3v) is 3.74. The number of ether oxygens (including phenoxy) is 2. The van der Waals surface area contributed by atoms with Crippen LogP contribution in [-0.4, -0.2) is 74.8 Å². The lowest BCUT2D eigenvalue weighted by Gasteiger charge is -2.33. The van der Waals surface area contributed by atoms with Gasteiger partial charge in [0.05, 0.1) is 7.11 Å². The average molecular weight is 339 g/mol. The average Bonchev–Trinajstić information content (AvgIpc) is 2.61. The molecular weight excluding hydrogens is 317 g/mol. The van der Waals surface area contributed by atoms with E-state index in [1.807, 2.05) is 0 Å². The fourth-order valence-electron chi connectivity index (χ4n) is 2.37. The quantitative estimate of drug-likeness (QED) is 0.826. The Morgan fingerprint density at radius 1 is 1.17 bits per heavy atom. The first-order chi connectivity index (χ1) is 11.6. The Kier molecular flexibility index (Phi) is 6.80. The van der Waals surface area contributed by atoms with Crippen LogP contribution in [0.15, 0.2) is 24.3 Å². The van der Waals surface area contributed by atoms with Gasteiger partial charge >= 0.3 is 6.09 Å². The van der Waals surface area contributed by atoms with Crippen LogP contribution >= 0.6 is 0 Å². The molecule has 1 fully saturated rings. The molecule has 2 rings (SSSR count). The second-order valence-corrected chi connectivity index (χ2v) is 5.39. The van der Waals surface area contributed by atoms with Gasteiger partial charge in [0.25, 0.3) is 5.91 Å². The Morgan fingerprint density at radius 3 is 2.46 bits per heavy atom. The van der Waals surface area contributed by atoms with Gasteiger partial charge in [0.2, 0.25) is 0 Å². The van der Waals surface area contributed by atoms with Crippen molar-refractivity contribution in [1.82, 2.24) is 15.1 Å². The number of piperazine rings is 1. The van der Waals surface area contributed by atoms with E-state index in [-0.39, 0.29) is 24.4 Å².